The molecule has 0 spiro atoms. The summed E-state index contributed by atoms with van der Waals surface area (Å²) in [5.41, 5.74) is 1.36. The summed E-state index contributed by atoms with van der Waals surface area (Å²) in [5.74, 6) is -0.411. The number of anilines is 1. The molecule has 0 bridgehead atoms. The maximum absolute atomic E-state index is 11.8. The van der Waals surface area contributed by atoms with Gasteiger partial charge in [-0.05, 0) is 50.3 Å². The van der Waals surface area contributed by atoms with Gasteiger partial charge in [0.1, 0.15) is 0 Å². The minimum Gasteiger partial charge on any atom is -0.478 e. The van der Waals surface area contributed by atoms with Crippen molar-refractivity contribution in [1.29, 1.82) is 0 Å². The van der Waals surface area contributed by atoms with Gasteiger partial charge in [0.2, 0.25) is 0 Å². The fourth-order valence-corrected chi connectivity index (χ4v) is 2.02. The molecule has 5 heteroatoms. The zero-order chi connectivity index (χ0) is 14.0. The maximum atomic E-state index is 11.8. The minimum absolute atomic E-state index is 0.157. The van der Waals surface area contributed by atoms with E-state index in [1.165, 1.54) is 6.07 Å². The van der Waals surface area contributed by atoms with E-state index in [9.17, 15) is 9.59 Å². The monoisotopic (exact) mass is 262 g/mol. The highest BCUT2D eigenvalue weighted by Gasteiger charge is 2.28. The summed E-state index contributed by atoms with van der Waals surface area (Å²) in [6, 6.07) is 4.72. The standard InChI is InChI=1S/C14H18N2O3/c1-8-3-6-11(7-12(8)13(17)18)16-14(19)15-9(2)10-4-5-10/h3,6-7,9-10H,4-5H2,1-2H3,(H,17,18)(H2,15,16,19). The molecular formula is C14H18N2O3. The van der Waals surface area contributed by atoms with Crippen LogP contribution in [0.25, 0.3) is 0 Å². The molecule has 1 unspecified atom stereocenters. The first-order chi connectivity index (χ1) is 8.97. The van der Waals surface area contributed by atoms with Crippen LogP contribution < -0.4 is 10.6 Å². The lowest BCUT2D eigenvalue weighted by atomic mass is 10.1. The number of benzene rings is 1. The highest BCUT2D eigenvalue weighted by atomic mass is 16.4. The van der Waals surface area contributed by atoms with Gasteiger partial charge < -0.3 is 15.7 Å². The fraction of sp³-hybridized carbons (Fsp3) is 0.429. The van der Waals surface area contributed by atoms with Gasteiger partial charge in [0.15, 0.2) is 0 Å². The van der Waals surface area contributed by atoms with Gasteiger partial charge in [0.05, 0.1) is 5.56 Å². The Balaban J connectivity index is 2.00. The first kappa shape index (κ1) is 13.4. The average molecular weight is 262 g/mol. The molecule has 0 aromatic heterocycles. The zero-order valence-electron chi connectivity index (χ0n) is 11.1. The van der Waals surface area contributed by atoms with E-state index in [0.29, 0.717) is 17.2 Å². The number of carbonyl (C=O) groups is 2. The van der Waals surface area contributed by atoms with Gasteiger partial charge in [-0.15, -0.1) is 0 Å². The van der Waals surface area contributed by atoms with Crippen molar-refractivity contribution in [1.82, 2.24) is 5.32 Å². The molecular weight excluding hydrogens is 244 g/mol. The number of aromatic carboxylic acids is 1. The molecule has 2 rings (SSSR count). The number of rotatable bonds is 4. The van der Waals surface area contributed by atoms with Gasteiger partial charge in [-0.25, -0.2) is 9.59 Å². The summed E-state index contributed by atoms with van der Waals surface area (Å²) in [5, 5.41) is 14.5. The second-order valence-corrected chi connectivity index (χ2v) is 5.06. The van der Waals surface area contributed by atoms with Gasteiger partial charge in [-0.1, -0.05) is 6.07 Å². The second kappa shape index (κ2) is 5.30. The number of urea groups is 1. The third kappa shape index (κ3) is 3.47. The highest BCUT2D eigenvalue weighted by molar-refractivity contribution is 5.94. The van der Waals surface area contributed by atoms with Gasteiger partial charge >= 0.3 is 12.0 Å². The zero-order valence-corrected chi connectivity index (χ0v) is 11.1. The number of aryl methyl sites for hydroxylation is 1. The van der Waals surface area contributed by atoms with Gasteiger partial charge in [0.25, 0.3) is 0 Å². The summed E-state index contributed by atoms with van der Waals surface area (Å²) in [6.07, 6.45) is 2.32. The van der Waals surface area contributed by atoms with Crippen LogP contribution in [0, 0.1) is 12.8 Å². The first-order valence-corrected chi connectivity index (χ1v) is 6.39. The summed E-state index contributed by atoms with van der Waals surface area (Å²) in [6.45, 7) is 3.71. The third-order valence-corrected chi connectivity index (χ3v) is 3.41. The molecule has 19 heavy (non-hydrogen) atoms. The lowest BCUT2D eigenvalue weighted by Gasteiger charge is -2.14. The highest BCUT2D eigenvalue weighted by Crippen LogP contribution is 2.32. The lowest BCUT2D eigenvalue weighted by molar-refractivity contribution is 0.0696. The van der Waals surface area contributed by atoms with E-state index in [-0.39, 0.29) is 17.6 Å². The van der Waals surface area contributed by atoms with Crippen molar-refractivity contribution in [2.45, 2.75) is 32.7 Å². The van der Waals surface area contributed by atoms with Crippen molar-refractivity contribution in [3.63, 3.8) is 0 Å². The Hall–Kier alpha value is -2.04. The van der Waals surface area contributed by atoms with Crippen molar-refractivity contribution in [2.75, 3.05) is 5.32 Å². The number of hydrogen-bond acceptors (Lipinski definition) is 2. The van der Waals surface area contributed by atoms with Crippen LogP contribution >= 0.6 is 0 Å². The van der Waals surface area contributed by atoms with Gasteiger partial charge in [-0.3, -0.25) is 0 Å². The predicted molar refractivity (Wildman–Crippen MR) is 72.5 cm³/mol. The molecule has 1 aromatic carbocycles. The van der Waals surface area contributed by atoms with Crippen LogP contribution in [0.4, 0.5) is 10.5 Å². The first-order valence-electron chi connectivity index (χ1n) is 6.39. The molecule has 1 fully saturated rings. The van der Waals surface area contributed by atoms with Crippen LogP contribution in [-0.4, -0.2) is 23.1 Å². The SMILES string of the molecule is Cc1ccc(NC(=O)NC(C)C2CC2)cc1C(=O)O. The molecule has 0 radical (unpaired) electrons. The maximum Gasteiger partial charge on any atom is 0.336 e. The van der Waals surface area contributed by atoms with Crippen LogP contribution in [0.2, 0.25) is 0 Å². The Morgan fingerprint density at radius 3 is 2.63 bits per heavy atom. The third-order valence-electron chi connectivity index (χ3n) is 3.41. The summed E-state index contributed by atoms with van der Waals surface area (Å²) < 4.78 is 0. The smallest absolute Gasteiger partial charge is 0.336 e. The Kier molecular flexibility index (Phi) is 3.74. The lowest BCUT2D eigenvalue weighted by Crippen LogP contribution is -2.37. The molecule has 1 aliphatic carbocycles. The number of carbonyl (C=O) groups excluding carboxylic acids is 1. The van der Waals surface area contributed by atoms with E-state index < -0.39 is 5.97 Å². The number of nitrogens with one attached hydrogen (secondary N) is 2. The molecule has 2 amide bonds. The molecule has 1 aliphatic rings. The topological polar surface area (TPSA) is 78.4 Å². The van der Waals surface area contributed by atoms with Crippen molar-refractivity contribution in [3.8, 4) is 0 Å². The molecule has 3 N–H and O–H groups in total. The Morgan fingerprint density at radius 2 is 2.05 bits per heavy atom. The summed E-state index contributed by atoms with van der Waals surface area (Å²) in [7, 11) is 0. The average Bonchev–Trinajstić information content (AvgIpc) is 3.15. The van der Waals surface area contributed by atoms with Crippen molar-refractivity contribution in [3.05, 3.63) is 29.3 Å². The van der Waals surface area contributed by atoms with Crippen molar-refractivity contribution < 1.29 is 14.7 Å². The van der Waals surface area contributed by atoms with Crippen LogP contribution in [0.15, 0.2) is 18.2 Å². The van der Waals surface area contributed by atoms with Crippen LogP contribution in [0.5, 0.6) is 0 Å². The minimum atomic E-state index is -0.993. The van der Waals surface area contributed by atoms with E-state index >= 15 is 0 Å². The molecule has 1 aromatic rings. The van der Waals surface area contributed by atoms with Crippen LogP contribution in [0.3, 0.4) is 0 Å². The second-order valence-electron chi connectivity index (χ2n) is 5.06. The van der Waals surface area contributed by atoms with Crippen molar-refractivity contribution >= 4 is 17.7 Å². The molecule has 0 heterocycles. The van der Waals surface area contributed by atoms with Crippen LogP contribution in [0.1, 0.15) is 35.7 Å². The molecule has 1 saturated carbocycles. The number of hydrogen-bond donors (Lipinski definition) is 3. The molecule has 1 atom stereocenters. The predicted octanol–water partition coefficient (Wildman–Crippen LogP) is 2.61. The van der Waals surface area contributed by atoms with E-state index in [4.69, 9.17) is 5.11 Å². The van der Waals surface area contributed by atoms with E-state index in [2.05, 4.69) is 10.6 Å². The Bertz CT molecular complexity index is 509. The Labute approximate surface area is 112 Å². The van der Waals surface area contributed by atoms with E-state index in [0.717, 1.165) is 12.8 Å². The number of carboxylic acids is 1. The molecule has 0 saturated heterocycles. The quantitative estimate of drug-likeness (QED) is 0.780. The largest absolute Gasteiger partial charge is 0.478 e. The van der Waals surface area contributed by atoms with Crippen molar-refractivity contribution in [2.24, 2.45) is 5.92 Å². The van der Waals surface area contributed by atoms with E-state index in [1.54, 1.807) is 19.1 Å². The number of carboxylic acid groups (broad SMARTS) is 1. The summed E-state index contributed by atoms with van der Waals surface area (Å²) in [4.78, 5) is 22.8. The molecule has 5 nitrogen and oxygen atoms in total. The van der Waals surface area contributed by atoms with E-state index in [1.807, 2.05) is 6.92 Å². The molecule has 0 aliphatic heterocycles. The summed E-state index contributed by atoms with van der Waals surface area (Å²) >= 11 is 0. The van der Waals surface area contributed by atoms with Gasteiger partial charge in [-0.2, -0.15) is 0 Å². The molecule has 102 valence electrons. The Morgan fingerprint density at radius 1 is 1.37 bits per heavy atom. The van der Waals surface area contributed by atoms with Gasteiger partial charge in [0, 0.05) is 11.7 Å². The van der Waals surface area contributed by atoms with Crippen LogP contribution in [-0.2, 0) is 0 Å². The number of amides is 2. The fourth-order valence-electron chi connectivity index (χ4n) is 2.02. The normalized spacial score (nSPS) is 15.7.